The Kier molecular flexibility index (Phi) is 6.16. The number of ether oxygens (including phenoxy) is 1. The molecule has 200 valence electrons. The van der Waals surface area contributed by atoms with Crippen LogP contribution in [0.4, 0.5) is 0 Å². The Balaban J connectivity index is 1.31. The molecule has 3 aromatic rings. The Morgan fingerprint density at radius 1 is 1.00 bits per heavy atom. The summed E-state index contributed by atoms with van der Waals surface area (Å²) in [7, 11) is 0.821. The van der Waals surface area contributed by atoms with Crippen LogP contribution in [0.1, 0.15) is 53.0 Å². The molecule has 1 aliphatic heterocycles. The number of halogens is 1. The van der Waals surface area contributed by atoms with Crippen LogP contribution in [-0.2, 0) is 21.0 Å². The van der Waals surface area contributed by atoms with Crippen LogP contribution in [0, 0.1) is 0 Å². The van der Waals surface area contributed by atoms with E-state index in [4.69, 9.17) is 16.3 Å². The van der Waals surface area contributed by atoms with Crippen molar-refractivity contribution in [2.45, 2.75) is 41.1 Å². The number of sulfonamides is 1. The highest BCUT2D eigenvalue weighted by molar-refractivity contribution is 7.89. The van der Waals surface area contributed by atoms with Crippen molar-refractivity contribution in [3.05, 3.63) is 93.5 Å². The molecule has 2 unspecified atom stereocenters. The summed E-state index contributed by atoms with van der Waals surface area (Å²) in [6.07, 6.45) is 1.89. The van der Waals surface area contributed by atoms with E-state index in [1.54, 1.807) is 25.3 Å². The lowest BCUT2D eigenvalue weighted by Gasteiger charge is -2.43. The van der Waals surface area contributed by atoms with Crippen LogP contribution in [0.25, 0.3) is 0 Å². The summed E-state index contributed by atoms with van der Waals surface area (Å²) in [4.78, 5) is 2.55. The van der Waals surface area contributed by atoms with Crippen LogP contribution in [-0.4, -0.2) is 63.6 Å². The Morgan fingerprint density at radius 3 is 2.42 bits per heavy atom. The van der Waals surface area contributed by atoms with Gasteiger partial charge in [0.25, 0.3) is 0 Å². The summed E-state index contributed by atoms with van der Waals surface area (Å²) in [5.41, 5.74) is 4.49. The Labute approximate surface area is 229 Å². The average molecular weight is 553 g/mol. The maximum atomic E-state index is 13.1. The van der Waals surface area contributed by atoms with E-state index >= 15 is 0 Å². The summed E-state index contributed by atoms with van der Waals surface area (Å²) in [6.45, 7) is 2.14. The van der Waals surface area contributed by atoms with Gasteiger partial charge in [-0.15, -0.1) is 0 Å². The molecular formula is C30H33ClN2O4S. The van der Waals surface area contributed by atoms with Crippen molar-refractivity contribution < 1.29 is 18.3 Å². The third-order valence-corrected chi connectivity index (χ3v) is 11.0. The van der Waals surface area contributed by atoms with Gasteiger partial charge in [0.05, 0.1) is 17.6 Å². The number of aliphatic hydroxyl groups is 1. The van der Waals surface area contributed by atoms with E-state index in [1.807, 2.05) is 6.07 Å². The summed E-state index contributed by atoms with van der Waals surface area (Å²) in [5, 5.41) is 12.6. The molecule has 1 saturated heterocycles. The van der Waals surface area contributed by atoms with Gasteiger partial charge in [-0.2, -0.15) is 0 Å². The molecule has 0 radical (unpaired) electrons. The van der Waals surface area contributed by atoms with E-state index in [2.05, 4.69) is 41.3 Å². The molecule has 6 nitrogen and oxygen atoms in total. The zero-order valence-corrected chi connectivity index (χ0v) is 23.5. The van der Waals surface area contributed by atoms with Crippen molar-refractivity contribution in [1.82, 2.24) is 9.21 Å². The van der Waals surface area contributed by atoms with Crippen LogP contribution in [0.5, 0.6) is 5.75 Å². The van der Waals surface area contributed by atoms with E-state index in [0.717, 1.165) is 18.0 Å². The molecule has 3 aliphatic rings. The van der Waals surface area contributed by atoms with Gasteiger partial charge in [0, 0.05) is 55.6 Å². The third kappa shape index (κ3) is 3.82. The lowest BCUT2D eigenvalue weighted by molar-refractivity contribution is -0.0312. The number of piperidine rings is 1. The molecule has 3 aromatic carbocycles. The van der Waals surface area contributed by atoms with Gasteiger partial charge in [0.1, 0.15) is 5.75 Å². The fraction of sp³-hybridized carbons (Fsp3) is 0.400. The molecule has 0 saturated carbocycles. The zero-order valence-electron chi connectivity index (χ0n) is 21.9. The second kappa shape index (κ2) is 9.07. The molecule has 0 aromatic heterocycles. The van der Waals surface area contributed by atoms with Crippen molar-refractivity contribution in [3.63, 3.8) is 0 Å². The van der Waals surface area contributed by atoms with Crippen molar-refractivity contribution in [1.29, 1.82) is 0 Å². The summed E-state index contributed by atoms with van der Waals surface area (Å²) in [5.74, 6) is 0.913. The summed E-state index contributed by atoms with van der Waals surface area (Å²) in [6, 6.07) is 19.9. The zero-order chi connectivity index (χ0) is 26.9. The maximum Gasteiger partial charge on any atom is 0.242 e. The van der Waals surface area contributed by atoms with Gasteiger partial charge < -0.3 is 14.7 Å². The number of hydrogen-bond acceptors (Lipinski definition) is 5. The van der Waals surface area contributed by atoms with Gasteiger partial charge >= 0.3 is 0 Å². The van der Waals surface area contributed by atoms with Crippen molar-refractivity contribution in [2.24, 2.45) is 0 Å². The minimum atomic E-state index is -3.74. The molecule has 1 fully saturated rings. The fourth-order valence-electron chi connectivity index (χ4n) is 6.97. The first-order chi connectivity index (χ1) is 18.1. The fourth-order valence-corrected chi connectivity index (χ4v) is 8.31. The molecular weight excluding hydrogens is 520 g/mol. The van der Waals surface area contributed by atoms with Gasteiger partial charge in [-0.25, -0.2) is 12.7 Å². The molecule has 1 N–H and O–H groups in total. The van der Waals surface area contributed by atoms with Crippen LogP contribution in [0.2, 0.25) is 5.02 Å². The normalized spacial score (nSPS) is 23.9. The molecule has 0 amide bonds. The Bertz CT molecular complexity index is 1510. The van der Waals surface area contributed by atoms with E-state index in [9.17, 15) is 13.5 Å². The first kappa shape index (κ1) is 25.8. The summed E-state index contributed by atoms with van der Waals surface area (Å²) >= 11 is 6.49. The number of fused-ring (bicyclic) bond motifs is 8. The number of benzene rings is 3. The minimum absolute atomic E-state index is 0.129. The van der Waals surface area contributed by atoms with Crippen molar-refractivity contribution >= 4 is 21.6 Å². The molecule has 38 heavy (non-hydrogen) atoms. The number of likely N-dealkylation sites (tertiary alicyclic amines) is 1. The largest absolute Gasteiger partial charge is 0.497 e. The Morgan fingerprint density at radius 2 is 1.71 bits per heavy atom. The molecule has 1 heterocycles. The molecule has 0 spiro atoms. The number of nitrogens with zero attached hydrogens (tertiary/aromatic N) is 2. The van der Waals surface area contributed by atoms with Gasteiger partial charge in [-0.1, -0.05) is 41.9 Å². The van der Waals surface area contributed by atoms with E-state index in [1.165, 1.54) is 40.7 Å². The quantitative estimate of drug-likeness (QED) is 0.479. The molecule has 6 rings (SSSR count). The van der Waals surface area contributed by atoms with E-state index in [-0.39, 0.29) is 10.3 Å². The SMILES string of the molecule is COc1ccc(S(=O)(=O)N(C)C)c(C2(O)CCN(CC34CC(c5ccccc53)c3ccc(Cl)cc34)CC2)c1. The summed E-state index contributed by atoms with van der Waals surface area (Å²) < 4.78 is 32.8. The maximum absolute atomic E-state index is 13.1. The van der Waals surface area contributed by atoms with Gasteiger partial charge in [-0.3, -0.25) is 0 Å². The van der Waals surface area contributed by atoms with Gasteiger partial charge in [0.15, 0.2) is 0 Å². The number of methoxy groups -OCH3 is 1. The minimum Gasteiger partial charge on any atom is -0.497 e. The van der Waals surface area contributed by atoms with Gasteiger partial charge in [0.2, 0.25) is 10.0 Å². The number of rotatable bonds is 6. The van der Waals surface area contributed by atoms with Crippen LogP contribution in [0.3, 0.4) is 0 Å². The standard InChI is InChI=1S/C30H33ClN2O4S/c1-32(2)38(35,36)28-11-9-21(37-3)17-27(28)30(34)12-14-33(15-13-30)19-29-18-24(22-6-4-5-7-25(22)29)23-10-8-20(31)16-26(23)29/h4-11,16-17,24,34H,12-15,18-19H2,1-3H3. The topological polar surface area (TPSA) is 70.1 Å². The first-order valence-corrected chi connectivity index (χ1v) is 14.9. The van der Waals surface area contributed by atoms with E-state index in [0.29, 0.717) is 43.2 Å². The predicted octanol–water partition coefficient (Wildman–Crippen LogP) is 4.72. The molecule has 8 heteroatoms. The highest BCUT2D eigenvalue weighted by atomic mass is 35.5. The monoisotopic (exact) mass is 552 g/mol. The van der Waals surface area contributed by atoms with Crippen LogP contribution in [0.15, 0.2) is 65.6 Å². The van der Waals surface area contributed by atoms with Crippen molar-refractivity contribution in [2.75, 3.05) is 40.8 Å². The first-order valence-electron chi connectivity index (χ1n) is 13.0. The van der Waals surface area contributed by atoms with E-state index < -0.39 is 15.6 Å². The smallest absolute Gasteiger partial charge is 0.242 e. The van der Waals surface area contributed by atoms with Gasteiger partial charge in [-0.05, 0) is 71.8 Å². The lowest BCUT2D eigenvalue weighted by Crippen LogP contribution is -2.48. The van der Waals surface area contributed by atoms with Crippen molar-refractivity contribution in [3.8, 4) is 5.75 Å². The molecule has 2 atom stereocenters. The lowest BCUT2D eigenvalue weighted by atomic mass is 9.74. The highest BCUT2D eigenvalue weighted by Crippen LogP contribution is 2.61. The molecule has 2 bridgehead atoms. The Hall–Kier alpha value is -2.42. The third-order valence-electron chi connectivity index (χ3n) is 8.93. The molecule has 2 aliphatic carbocycles. The van der Waals surface area contributed by atoms with Crippen LogP contribution >= 0.6 is 11.6 Å². The number of hydrogen-bond donors (Lipinski definition) is 1. The highest BCUT2D eigenvalue weighted by Gasteiger charge is 2.53. The second-order valence-electron chi connectivity index (χ2n) is 11.1. The average Bonchev–Trinajstić information content (AvgIpc) is 3.41. The van der Waals surface area contributed by atoms with Crippen LogP contribution < -0.4 is 4.74 Å². The second-order valence-corrected chi connectivity index (χ2v) is 13.7. The predicted molar refractivity (Wildman–Crippen MR) is 149 cm³/mol.